The van der Waals surface area contributed by atoms with Gasteiger partial charge in [-0.3, -0.25) is 0 Å². The van der Waals surface area contributed by atoms with Gasteiger partial charge < -0.3 is 0 Å². The van der Waals surface area contributed by atoms with E-state index >= 15 is 0 Å². The number of allylic oxidation sites excluding steroid dienone is 4. The first-order chi connectivity index (χ1) is 24.1. The van der Waals surface area contributed by atoms with Crippen LogP contribution in [0.2, 0.25) is 0 Å². The van der Waals surface area contributed by atoms with E-state index in [-0.39, 0.29) is 0 Å². The summed E-state index contributed by atoms with van der Waals surface area (Å²) >= 11 is 0. The van der Waals surface area contributed by atoms with Crippen LogP contribution < -0.4 is 0 Å². The van der Waals surface area contributed by atoms with E-state index in [4.69, 9.17) is 0 Å². The van der Waals surface area contributed by atoms with Gasteiger partial charge in [0.1, 0.15) is 0 Å². The molecule has 3 aromatic carbocycles. The van der Waals surface area contributed by atoms with Gasteiger partial charge in [0.25, 0.3) is 0 Å². The molecule has 2 saturated carbocycles. The van der Waals surface area contributed by atoms with Crippen molar-refractivity contribution in [1.82, 2.24) is 0 Å². The Morgan fingerprint density at radius 1 is 0.804 bits per heavy atom. The van der Waals surface area contributed by atoms with E-state index in [2.05, 4.69) is 143 Å². The minimum absolute atomic E-state index is 0.500. The van der Waals surface area contributed by atoms with Crippen LogP contribution in [-0.2, 0) is 12.8 Å². The van der Waals surface area contributed by atoms with Crippen molar-refractivity contribution in [2.24, 2.45) is 40.9 Å². The molecule has 0 nitrogen and oxygen atoms in total. The Hall–Kier alpha value is -3.12. The first kappa shape index (κ1) is 37.6. The quantitative estimate of drug-likeness (QED) is 0.208. The number of benzene rings is 3. The van der Waals surface area contributed by atoms with Crippen molar-refractivity contribution in [2.75, 3.05) is 0 Å². The summed E-state index contributed by atoms with van der Waals surface area (Å²) in [5.41, 5.74) is 19.2. The standard InChI is InChI=1S/C46H56.C5H12/c1-27(2)19-42-31(8)20-39-23-38(25-44(39)46(42)34-11-9-30(7)10-12-34)35-17-18-40-41(29(5)6)26-43(45(40)24-35)33-15-13-32(14-16-33)37-21-36(22-37)28(3)4;1-5(2,3)4/h9-12,17-18,20,23-24,26,28-29,32-33,36-37,41H,1,13-16,19,21-22,25H2,2-8H3;1-4H3. The van der Waals surface area contributed by atoms with Crippen molar-refractivity contribution in [3.05, 3.63) is 111 Å². The molecule has 0 aromatic heterocycles. The highest BCUT2D eigenvalue weighted by molar-refractivity contribution is 5.94. The molecule has 0 radical (unpaired) electrons. The molecule has 0 heteroatoms. The van der Waals surface area contributed by atoms with E-state index in [9.17, 15) is 0 Å². The second-order valence-electron chi connectivity index (χ2n) is 19.5. The second kappa shape index (κ2) is 15.1. The van der Waals surface area contributed by atoms with Crippen LogP contribution in [-0.4, -0.2) is 0 Å². The maximum Gasteiger partial charge on any atom is 0.00531 e. The fraction of sp³-hybridized carbons (Fsp3) is 0.529. The van der Waals surface area contributed by atoms with E-state index in [0.717, 1.165) is 42.4 Å². The fourth-order valence-corrected chi connectivity index (χ4v) is 9.58. The molecule has 4 aliphatic rings. The smallest absolute Gasteiger partial charge is 0.00531 e. The second-order valence-corrected chi connectivity index (χ2v) is 19.5. The first-order valence-corrected chi connectivity index (χ1v) is 20.5. The Labute approximate surface area is 313 Å². The van der Waals surface area contributed by atoms with Gasteiger partial charge in [-0.1, -0.05) is 128 Å². The molecule has 0 saturated heterocycles. The molecule has 4 aliphatic carbocycles. The summed E-state index contributed by atoms with van der Waals surface area (Å²) < 4.78 is 0. The van der Waals surface area contributed by atoms with Gasteiger partial charge in [-0.25, -0.2) is 0 Å². The van der Waals surface area contributed by atoms with Crippen LogP contribution in [0.4, 0.5) is 0 Å². The minimum Gasteiger partial charge on any atom is -0.0998 e. The molecule has 7 rings (SSSR count). The number of rotatable bonds is 8. The lowest BCUT2D eigenvalue weighted by Crippen LogP contribution is -2.34. The molecular formula is C51H68. The summed E-state index contributed by atoms with van der Waals surface area (Å²) in [4.78, 5) is 0. The third kappa shape index (κ3) is 8.42. The van der Waals surface area contributed by atoms with Gasteiger partial charge in [-0.2, -0.15) is 0 Å². The molecule has 51 heavy (non-hydrogen) atoms. The van der Waals surface area contributed by atoms with Crippen LogP contribution in [0.15, 0.2) is 66.8 Å². The first-order valence-electron chi connectivity index (χ1n) is 20.5. The number of fused-ring (bicyclic) bond motifs is 2. The zero-order chi connectivity index (χ0) is 36.8. The molecule has 272 valence electrons. The monoisotopic (exact) mass is 681 g/mol. The van der Waals surface area contributed by atoms with Crippen LogP contribution in [0.25, 0.3) is 28.3 Å². The molecule has 0 bridgehead atoms. The minimum atomic E-state index is 0.500. The molecule has 3 aromatic rings. The number of aryl methyl sites for hydroxylation is 2. The summed E-state index contributed by atoms with van der Waals surface area (Å²) in [6.45, 7) is 29.4. The third-order valence-electron chi connectivity index (χ3n) is 12.5. The molecule has 0 amide bonds. The van der Waals surface area contributed by atoms with Gasteiger partial charge in [-0.15, -0.1) is 0 Å². The van der Waals surface area contributed by atoms with Gasteiger partial charge in [0.2, 0.25) is 0 Å². The third-order valence-corrected chi connectivity index (χ3v) is 12.5. The van der Waals surface area contributed by atoms with Crippen molar-refractivity contribution < 1.29 is 0 Å². The molecule has 1 unspecified atom stereocenters. The lowest BCUT2D eigenvalue weighted by atomic mass is 9.60. The highest BCUT2D eigenvalue weighted by atomic mass is 14.4. The molecule has 0 spiro atoms. The normalized spacial score (nSPS) is 24.0. The summed E-state index contributed by atoms with van der Waals surface area (Å²) in [6.07, 6.45) is 15.8. The number of hydrogen-bond donors (Lipinski definition) is 0. The molecule has 0 N–H and O–H groups in total. The van der Waals surface area contributed by atoms with E-state index in [1.165, 1.54) is 94.2 Å². The summed E-state index contributed by atoms with van der Waals surface area (Å²) in [7, 11) is 0. The Kier molecular flexibility index (Phi) is 11.1. The Morgan fingerprint density at radius 3 is 2.02 bits per heavy atom. The van der Waals surface area contributed by atoms with Crippen molar-refractivity contribution >= 4 is 17.2 Å². The van der Waals surface area contributed by atoms with Crippen LogP contribution in [0.5, 0.6) is 0 Å². The van der Waals surface area contributed by atoms with Crippen molar-refractivity contribution in [2.45, 2.75) is 133 Å². The maximum absolute atomic E-state index is 4.30. The predicted octanol–water partition coefficient (Wildman–Crippen LogP) is 14.9. The molecular weight excluding hydrogens is 613 g/mol. The molecule has 1 atom stereocenters. The van der Waals surface area contributed by atoms with E-state index in [1.807, 2.05) is 0 Å². The van der Waals surface area contributed by atoms with Crippen molar-refractivity contribution in [1.29, 1.82) is 0 Å². The van der Waals surface area contributed by atoms with Crippen LogP contribution >= 0.6 is 0 Å². The number of hydrogen-bond acceptors (Lipinski definition) is 0. The topological polar surface area (TPSA) is 0 Å². The largest absolute Gasteiger partial charge is 0.0998 e. The van der Waals surface area contributed by atoms with Gasteiger partial charge in [0.15, 0.2) is 0 Å². The van der Waals surface area contributed by atoms with Crippen molar-refractivity contribution in [3.8, 4) is 11.1 Å². The summed E-state index contributed by atoms with van der Waals surface area (Å²) in [5.74, 6) is 5.74. The molecule has 2 fully saturated rings. The van der Waals surface area contributed by atoms with Crippen molar-refractivity contribution in [3.63, 3.8) is 0 Å². The van der Waals surface area contributed by atoms with E-state index in [1.54, 1.807) is 16.7 Å². The van der Waals surface area contributed by atoms with Crippen LogP contribution in [0.3, 0.4) is 0 Å². The van der Waals surface area contributed by atoms with E-state index in [0.29, 0.717) is 17.3 Å². The lowest BCUT2D eigenvalue weighted by Gasteiger charge is -2.45. The SMILES string of the molecule is C=C(C)Cc1c(C)cc2c(c1-c1ccc(C)cc1)CC(c1ccc3c(c1)C(C1CCC(C4CC(C(C)C)C4)CC1)=CC3C(C)C)=C2.CC(C)(C)C. The van der Waals surface area contributed by atoms with Gasteiger partial charge in [0.05, 0.1) is 0 Å². The summed E-state index contributed by atoms with van der Waals surface area (Å²) in [5, 5.41) is 0. The highest BCUT2D eigenvalue weighted by Crippen LogP contribution is 2.52. The average molecular weight is 681 g/mol. The van der Waals surface area contributed by atoms with Crippen LogP contribution in [0, 0.1) is 54.8 Å². The molecule has 0 aliphatic heterocycles. The molecule has 0 heterocycles. The lowest BCUT2D eigenvalue weighted by molar-refractivity contribution is 0.0646. The van der Waals surface area contributed by atoms with E-state index < -0.39 is 0 Å². The maximum atomic E-state index is 4.30. The van der Waals surface area contributed by atoms with Gasteiger partial charge in [-0.05, 0) is 180 Å². The highest BCUT2D eigenvalue weighted by Gasteiger charge is 2.39. The van der Waals surface area contributed by atoms with Gasteiger partial charge in [0, 0.05) is 5.92 Å². The zero-order valence-corrected chi connectivity index (χ0v) is 34.2. The van der Waals surface area contributed by atoms with Gasteiger partial charge >= 0.3 is 0 Å². The average Bonchev–Trinajstić information content (AvgIpc) is 3.62. The Bertz CT molecular complexity index is 1780. The predicted molar refractivity (Wildman–Crippen MR) is 225 cm³/mol. The fourth-order valence-electron chi connectivity index (χ4n) is 9.58. The summed E-state index contributed by atoms with van der Waals surface area (Å²) in [6, 6.07) is 19.1. The zero-order valence-electron chi connectivity index (χ0n) is 34.2. The Morgan fingerprint density at radius 2 is 1.43 bits per heavy atom. The Balaban J connectivity index is 0.000000839. The van der Waals surface area contributed by atoms with Crippen LogP contribution in [0.1, 0.15) is 151 Å².